The summed E-state index contributed by atoms with van der Waals surface area (Å²) >= 11 is 5.95. The van der Waals surface area contributed by atoms with Gasteiger partial charge in [0.2, 0.25) is 0 Å². The Morgan fingerprint density at radius 1 is 1.53 bits per heavy atom. The first-order chi connectivity index (χ1) is 8.71. The van der Waals surface area contributed by atoms with Gasteiger partial charge in [0.1, 0.15) is 0 Å². The first kappa shape index (κ1) is 16.1. The molecule has 7 heteroatoms. The molecule has 19 heavy (non-hydrogen) atoms. The Morgan fingerprint density at radius 3 is 2.63 bits per heavy atom. The van der Waals surface area contributed by atoms with Gasteiger partial charge in [-0.3, -0.25) is 4.98 Å². The van der Waals surface area contributed by atoms with Crippen molar-refractivity contribution in [2.45, 2.75) is 31.9 Å². The molecule has 1 aromatic rings. The van der Waals surface area contributed by atoms with E-state index in [1.54, 1.807) is 0 Å². The second-order valence-corrected chi connectivity index (χ2v) is 7.44. The summed E-state index contributed by atoms with van der Waals surface area (Å²) in [5.74, 6) is -1.06. The van der Waals surface area contributed by atoms with Gasteiger partial charge in [-0.25, -0.2) is 13.7 Å². The molecule has 1 atom stereocenters. The third kappa shape index (κ3) is 4.89. The second kappa shape index (κ2) is 6.45. The fourth-order valence-electron chi connectivity index (χ4n) is 1.25. The number of aromatic nitrogens is 1. The monoisotopic (exact) mass is 304 g/mol. The number of carboxylic acids is 1. The SMILES string of the molecule is CC(C)(C)S(=O)NCCc1ncc(C(=O)O)cc1Cl. The molecule has 1 aromatic heterocycles. The predicted octanol–water partition coefficient (Wildman–Crippen LogP) is 2.03. The highest BCUT2D eigenvalue weighted by Gasteiger charge is 2.19. The molecule has 1 heterocycles. The lowest BCUT2D eigenvalue weighted by atomic mass is 10.2. The Kier molecular flexibility index (Phi) is 5.46. The minimum atomic E-state index is -1.14. The number of carboxylic acid groups (broad SMARTS) is 1. The van der Waals surface area contributed by atoms with Crippen molar-refractivity contribution in [2.75, 3.05) is 6.54 Å². The molecule has 0 amide bonds. The summed E-state index contributed by atoms with van der Waals surface area (Å²) in [5, 5.41) is 9.10. The number of pyridine rings is 1. The zero-order chi connectivity index (χ0) is 14.6. The molecule has 0 saturated heterocycles. The van der Waals surface area contributed by atoms with Crippen LogP contribution in [0.5, 0.6) is 0 Å². The maximum absolute atomic E-state index is 11.8. The van der Waals surface area contributed by atoms with Crippen molar-refractivity contribution in [1.82, 2.24) is 9.71 Å². The molecule has 106 valence electrons. The van der Waals surface area contributed by atoms with Crippen molar-refractivity contribution in [2.24, 2.45) is 0 Å². The molecule has 0 spiro atoms. The standard InChI is InChI=1S/C12H17ClN2O3S/c1-12(2,3)19(18)15-5-4-10-9(13)6-8(7-14-10)11(16)17/h6-7,15H,4-5H2,1-3H3,(H,16,17). The first-order valence-corrected chi connectivity index (χ1v) is 7.27. The van der Waals surface area contributed by atoms with Crippen LogP contribution in [0.1, 0.15) is 36.8 Å². The van der Waals surface area contributed by atoms with Crippen LogP contribution in [0.15, 0.2) is 12.3 Å². The van der Waals surface area contributed by atoms with Crippen LogP contribution in [0.2, 0.25) is 5.02 Å². The van der Waals surface area contributed by atoms with Crippen molar-refractivity contribution >= 4 is 28.6 Å². The first-order valence-electron chi connectivity index (χ1n) is 5.75. The van der Waals surface area contributed by atoms with Crippen molar-refractivity contribution in [3.63, 3.8) is 0 Å². The number of nitrogens with zero attached hydrogens (tertiary/aromatic N) is 1. The molecule has 0 aromatic carbocycles. The average Bonchev–Trinajstić information content (AvgIpc) is 2.29. The van der Waals surface area contributed by atoms with E-state index in [-0.39, 0.29) is 10.3 Å². The van der Waals surface area contributed by atoms with Crippen molar-refractivity contribution in [3.8, 4) is 0 Å². The number of halogens is 1. The van der Waals surface area contributed by atoms with Gasteiger partial charge < -0.3 is 5.11 Å². The fourth-order valence-corrected chi connectivity index (χ4v) is 2.23. The maximum Gasteiger partial charge on any atom is 0.337 e. The molecule has 0 saturated carbocycles. The minimum absolute atomic E-state index is 0.0555. The van der Waals surface area contributed by atoms with Crippen LogP contribution in [0, 0.1) is 0 Å². The topological polar surface area (TPSA) is 79.3 Å². The third-order valence-electron chi connectivity index (χ3n) is 2.32. The minimum Gasteiger partial charge on any atom is -0.478 e. The summed E-state index contributed by atoms with van der Waals surface area (Å²) in [6, 6.07) is 1.37. The number of carbonyl (C=O) groups is 1. The zero-order valence-electron chi connectivity index (χ0n) is 11.1. The van der Waals surface area contributed by atoms with E-state index in [9.17, 15) is 9.00 Å². The third-order valence-corrected chi connectivity index (χ3v) is 4.22. The molecule has 5 nitrogen and oxygen atoms in total. The van der Waals surface area contributed by atoms with Gasteiger partial charge in [-0.1, -0.05) is 11.6 Å². The summed E-state index contributed by atoms with van der Waals surface area (Å²) < 4.78 is 14.3. The van der Waals surface area contributed by atoms with Gasteiger partial charge in [0.25, 0.3) is 0 Å². The number of nitrogens with one attached hydrogen (secondary N) is 1. The number of hydrogen-bond donors (Lipinski definition) is 2. The van der Waals surface area contributed by atoms with E-state index >= 15 is 0 Å². The Morgan fingerprint density at radius 2 is 2.16 bits per heavy atom. The van der Waals surface area contributed by atoms with Crippen LogP contribution < -0.4 is 4.72 Å². The number of hydrogen-bond acceptors (Lipinski definition) is 3. The van der Waals surface area contributed by atoms with Crippen LogP contribution in [-0.2, 0) is 17.4 Å². The van der Waals surface area contributed by atoms with Crippen LogP contribution in [0.25, 0.3) is 0 Å². The lowest BCUT2D eigenvalue weighted by Crippen LogP contribution is -2.34. The van der Waals surface area contributed by atoms with Crippen LogP contribution in [-0.4, -0.2) is 31.6 Å². The Balaban J connectivity index is 2.60. The van der Waals surface area contributed by atoms with Crippen LogP contribution >= 0.6 is 11.6 Å². The molecule has 2 N–H and O–H groups in total. The molecule has 1 rings (SSSR count). The quantitative estimate of drug-likeness (QED) is 0.872. The average molecular weight is 305 g/mol. The van der Waals surface area contributed by atoms with Gasteiger partial charge in [0.05, 0.1) is 32.0 Å². The highest BCUT2D eigenvalue weighted by Crippen LogP contribution is 2.16. The van der Waals surface area contributed by atoms with E-state index in [4.69, 9.17) is 16.7 Å². The van der Waals surface area contributed by atoms with E-state index in [0.29, 0.717) is 23.7 Å². The molecule has 0 aliphatic rings. The molecular formula is C12H17ClN2O3S. The molecular weight excluding hydrogens is 288 g/mol. The summed E-state index contributed by atoms with van der Waals surface area (Å²) in [6.07, 6.45) is 1.75. The van der Waals surface area contributed by atoms with E-state index in [1.165, 1.54) is 12.3 Å². The van der Waals surface area contributed by atoms with Gasteiger partial charge in [-0.15, -0.1) is 0 Å². The summed E-state index contributed by atoms with van der Waals surface area (Å²) in [7, 11) is -1.14. The van der Waals surface area contributed by atoms with Crippen molar-refractivity contribution < 1.29 is 14.1 Å². The Hall–Kier alpha value is -0.980. The highest BCUT2D eigenvalue weighted by atomic mass is 35.5. The lowest BCUT2D eigenvalue weighted by Gasteiger charge is -2.18. The number of aromatic carboxylic acids is 1. The number of rotatable bonds is 5. The summed E-state index contributed by atoms with van der Waals surface area (Å²) in [5.41, 5.74) is 0.644. The van der Waals surface area contributed by atoms with Crippen LogP contribution in [0.3, 0.4) is 0 Å². The van der Waals surface area contributed by atoms with E-state index < -0.39 is 17.0 Å². The zero-order valence-corrected chi connectivity index (χ0v) is 12.6. The Bertz CT molecular complexity index is 500. The lowest BCUT2D eigenvalue weighted by molar-refractivity contribution is 0.0696. The van der Waals surface area contributed by atoms with E-state index in [1.807, 2.05) is 20.8 Å². The summed E-state index contributed by atoms with van der Waals surface area (Å²) in [6.45, 7) is 6.10. The second-order valence-electron chi connectivity index (χ2n) is 4.98. The fraction of sp³-hybridized carbons (Fsp3) is 0.500. The smallest absolute Gasteiger partial charge is 0.337 e. The van der Waals surface area contributed by atoms with Gasteiger partial charge in [-0.2, -0.15) is 0 Å². The largest absolute Gasteiger partial charge is 0.478 e. The maximum atomic E-state index is 11.8. The molecule has 0 aliphatic carbocycles. The van der Waals surface area contributed by atoms with Crippen molar-refractivity contribution in [3.05, 3.63) is 28.5 Å². The molecule has 0 aliphatic heterocycles. The highest BCUT2D eigenvalue weighted by molar-refractivity contribution is 7.84. The van der Waals surface area contributed by atoms with Gasteiger partial charge >= 0.3 is 5.97 Å². The van der Waals surface area contributed by atoms with Gasteiger partial charge in [0.15, 0.2) is 0 Å². The molecule has 0 fully saturated rings. The predicted molar refractivity (Wildman–Crippen MR) is 75.8 cm³/mol. The van der Waals surface area contributed by atoms with Crippen LogP contribution in [0.4, 0.5) is 0 Å². The molecule has 0 bridgehead atoms. The van der Waals surface area contributed by atoms with Gasteiger partial charge in [0, 0.05) is 19.2 Å². The van der Waals surface area contributed by atoms with Gasteiger partial charge in [-0.05, 0) is 26.8 Å². The molecule has 0 radical (unpaired) electrons. The van der Waals surface area contributed by atoms with E-state index in [2.05, 4.69) is 9.71 Å². The van der Waals surface area contributed by atoms with Crippen molar-refractivity contribution in [1.29, 1.82) is 0 Å². The normalized spacial score (nSPS) is 13.3. The Labute approximate surface area is 120 Å². The van der Waals surface area contributed by atoms with E-state index in [0.717, 1.165) is 0 Å². The summed E-state index contributed by atoms with van der Waals surface area (Å²) in [4.78, 5) is 14.7. The molecule has 1 unspecified atom stereocenters.